The number of nitrogens with zero attached hydrogens (tertiary/aromatic N) is 2. The second kappa shape index (κ2) is 8.42. The van der Waals surface area contributed by atoms with Gasteiger partial charge in [0.1, 0.15) is 5.71 Å². The summed E-state index contributed by atoms with van der Waals surface area (Å²) in [5.74, 6) is -0.944. The van der Waals surface area contributed by atoms with Crippen molar-refractivity contribution in [2.24, 2.45) is 5.10 Å². The van der Waals surface area contributed by atoms with E-state index in [1.54, 1.807) is 4.90 Å². The summed E-state index contributed by atoms with van der Waals surface area (Å²) < 4.78 is 4.49. The molecule has 1 fully saturated rings. The van der Waals surface area contributed by atoms with Gasteiger partial charge in [0, 0.05) is 38.4 Å². The smallest absolute Gasteiger partial charge is 0.306 e. The minimum atomic E-state index is -0.411. The van der Waals surface area contributed by atoms with E-state index < -0.39 is 5.97 Å². The van der Waals surface area contributed by atoms with Crippen LogP contribution in [0.25, 0.3) is 0 Å². The SMILES string of the molecule is COC(=O)CCC(=O)NC1CCN(C(=O)C2=NNC(=O)CC2)CC1. The third kappa shape index (κ3) is 5.04. The van der Waals surface area contributed by atoms with Crippen molar-refractivity contribution < 1.29 is 23.9 Å². The Hall–Kier alpha value is -2.45. The fourth-order valence-electron chi connectivity index (χ4n) is 2.66. The highest BCUT2D eigenvalue weighted by Gasteiger charge is 2.28. The van der Waals surface area contributed by atoms with Crippen LogP contribution in [-0.2, 0) is 23.9 Å². The van der Waals surface area contributed by atoms with Gasteiger partial charge < -0.3 is 15.0 Å². The predicted octanol–water partition coefficient (Wildman–Crippen LogP) is -0.687. The number of rotatable bonds is 5. The first kappa shape index (κ1) is 17.9. The first-order chi connectivity index (χ1) is 11.5. The van der Waals surface area contributed by atoms with Crippen molar-refractivity contribution in [1.82, 2.24) is 15.6 Å². The Balaban J connectivity index is 1.73. The van der Waals surface area contributed by atoms with Gasteiger partial charge in [-0.1, -0.05) is 0 Å². The number of esters is 1. The van der Waals surface area contributed by atoms with Crippen molar-refractivity contribution in [2.45, 2.75) is 44.6 Å². The van der Waals surface area contributed by atoms with Gasteiger partial charge in [-0.05, 0) is 12.8 Å². The van der Waals surface area contributed by atoms with Crippen molar-refractivity contribution >= 4 is 29.4 Å². The zero-order valence-corrected chi connectivity index (χ0v) is 13.7. The van der Waals surface area contributed by atoms with Gasteiger partial charge in [0.05, 0.1) is 13.5 Å². The van der Waals surface area contributed by atoms with E-state index in [1.165, 1.54) is 7.11 Å². The molecule has 2 aliphatic heterocycles. The molecule has 2 rings (SSSR count). The molecule has 0 aromatic heterocycles. The van der Waals surface area contributed by atoms with Gasteiger partial charge in [0.2, 0.25) is 11.8 Å². The van der Waals surface area contributed by atoms with Crippen molar-refractivity contribution in [3.8, 4) is 0 Å². The second-order valence-corrected chi connectivity index (χ2v) is 5.80. The summed E-state index contributed by atoms with van der Waals surface area (Å²) in [7, 11) is 1.29. The molecule has 0 aliphatic carbocycles. The molecule has 0 aromatic rings. The Morgan fingerprint density at radius 3 is 2.54 bits per heavy atom. The molecule has 0 unspecified atom stereocenters. The van der Waals surface area contributed by atoms with Crippen molar-refractivity contribution in [2.75, 3.05) is 20.2 Å². The van der Waals surface area contributed by atoms with Gasteiger partial charge in [0.15, 0.2) is 0 Å². The molecule has 2 heterocycles. The Kier molecular flexibility index (Phi) is 6.28. The monoisotopic (exact) mass is 338 g/mol. The maximum absolute atomic E-state index is 12.3. The van der Waals surface area contributed by atoms with Crippen LogP contribution in [0.1, 0.15) is 38.5 Å². The van der Waals surface area contributed by atoms with Gasteiger partial charge >= 0.3 is 5.97 Å². The summed E-state index contributed by atoms with van der Waals surface area (Å²) in [4.78, 5) is 47.8. The van der Waals surface area contributed by atoms with E-state index in [1.807, 2.05) is 0 Å². The van der Waals surface area contributed by atoms with Crippen LogP contribution in [0.3, 0.4) is 0 Å². The van der Waals surface area contributed by atoms with Gasteiger partial charge in [0.25, 0.3) is 5.91 Å². The zero-order valence-electron chi connectivity index (χ0n) is 13.7. The molecule has 1 saturated heterocycles. The minimum Gasteiger partial charge on any atom is -0.469 e. The first-order valence-corrected chi connectivity index (χ1v) is 8.00. The molecule has 9 nitrogen and oxygen atoms in total. The maximum atomic E-state index is 12.3. The average Bonchev–Trinajstić information content (AvgIpc) is 2.60. The van der Waals surface area contributed by atoms with E-state index in [9.17, 15) is 19.2 Å². The quantitative estimate of drug-likeness (QED) is 0.644. The highest BCUT2D eigenvalue weighted by Crippen LogP contribution is 2.13. The molecule has 0 spiro atoms. The standard InChI is InChI=1S/C15H22N4O5/c1-24-14(22)5-4-12(20)16-10-6-8-19(9-7-10)15(23)11-2-3-13(21)18-17-11/h10H,2-9H2,1H3,(H,16,20)(H,18,21). The summed E-state index contributed by atoms with van der Waals surface area (Å²) in [6.07, 6.45) is 2.09. The third-order valence-corrected chi connectivity index (χ3v) is 4.08. The lowest BCUT2D eigenvalue weighted by Gasteiger charge is -2.33. The van der Waals surface area contributed by atoms with E-state index in [4.69, 9.17) is 0 Å². The van der Waals surface area contributed by atoms with Gasteiger partial charge in [-0.2, -0.15) is 5.10 Å². The number of ether oxygens (including phenoxy) is 1. The number of hydrogen-bond acceptors (Lipinski definition) is 6. The number of amides is 3. The molecule has 2 N–H and O–H groups in total. The topological polar surface area (TPSA) is 117 Å². The largest absolute Gasteiger partial charge is 0.469 e. The van der Waals surface area contributed by atoms with Crippen LogP contribution in [-0.4, -0.2) is 60.5 Å². The minimum absolute atomic E-state index is 0.00723. The molecule has 0 radical (unpaired) electrons. The van der Waals surface area contributed by atoms with E-state index >= 15 is 0 Å². The fourth-order valence-corrected chi connectivity index (χ4v) is 2.66. The summed E-state index contributed by atoms with van der Waals surface area (Å²) in [5.41, 5.74) is 2.69. The molecular weight excluding hydrogens is 316 g/mol. The molecule has 0 aromatic carbocycles. The lowest BCUT2D eigenvalue weighted by molar-refractivity contribution is -0.142. The van der Waals surface area contributed by atoms with Crippen LogP contribution in [0.2, 0.25) is 0 Å². The van der Waals surface area contributed by atoms with E-state index in [-0.39, 0.29) is 43.0 Å². The lowest BCUT2D eigenvalue weighted by Crippen LogP contribution is -2.49. The molecule has 9 heteroatoms. The first-order valence-electron chi connectivity index (χ1n) is 8.00. The number of carbonyl (C=O) groups is 4. The van der Waals surface area contributed by atoms with E-state index in [0.29, 0.717) is 38.1 Å². The van der Waals surface area contributed by atoms with Crippen molar-refractivity contribution in [3.05, 3.63) is 0 Å². The number of hydrogen-bond donors (Lipinski definition) is 2. The number of nitrogens with one attached hydrogen (secondary N) is 2. The number of methoxy groups -OCH3 is 1. The predicted molar refractivity (Wildman–Crippen MR) is 83.8 cm³/mol. The van der Waals surface area contributed by atoms with Gasteiger partial charge in [-0.3, -0.25) is 19.2 Å². The number of hydrazone groups is 1. The summed E-state index contributed by atoms with van der Waals surface area (Å²) in [6.45, 7) is 1.04. The Labute approximate surface area is 139 Å². The van der Waals surface area contributed by atoms with Gasteiger partial charge in [-0.25, -0.2) is 5.43 Å². The third-order valence-electron chi connectivity index (χ3n) is 4.08. The maximum Gasteiger partial charge on any atom is 0.306 e. The van der Waals surface area contributed by atoms with Gasteiger partial charge in [-0.15, -0.1) is 0 Å². The number of carbonyl (C=O) groups excluding carboxylic acids is 4. The molecule has 0 bridgehead atoms. The zero-order chi connectivity index (χ0) is 17.5. The molecule has 24 heavy (non-hydrogen) atoms. The second-order valence-electron chi connectivity index (χ2n) is 5.80. The lowest BCUT2D eigenvalue weighted by atomic mass is 10.0. The van der Waals surface area contributed by atoms with Crippen molar-refractivity contribution in [1.29, 1.82) is 0 Å². The van der Waals surface area contributed by atoms with Crippen LogP contribution in [0.5, 0.6) is 0 Å². The molecule has 0 atom stereocenters. The highest BCUT2D eigenvalue weighted by atomic mass is 16.5. The van der Waals surface area contributed by atoms with Crippen LogP contribution in [0, 0.1) is 0 Å². The molecule has 2 aliphatic rings. The molecule has 132 valence electrons. The molecular formula is C15H22N4O5. The number of piperidine rings is 1. The van der Waals surface area contributed by atoms with Crippen LogP contribution in [0.4, 0.5) is 0 Å². The average molecular weight is 338 g/mol. The molecule has 0 saturated carbocycles. The number of likely N-dealkylation sites (tertiary alicyclic amines) is 1. The Bertz CT molecular complexity index is 552. The van der Waals surface area contributed by atoms with Crippen molar-refractivity contribution in [3.63, 3.8) is 0 Å². The highest BCUT2D eigenvalue weighted by molar-refractivity contribution is 6.39. The summed E-state index contributed by atoms with van der Waals surface area (Å²) >= 11 is 0. The Morgan fingerprint density at radius 1 is 1.25 bits per heavy atom. The molecule has 3 amide bonds. The fraction of sp³-hybridized carbons (Fsp3) is 0.667. The van der Waals surface area contributed by atoms with E-state index in [2.05, 4.69) is 20.6 Å². The normalized spacial score (nSPS) is 18.5. The van der Waals surface area contributed by atoms with E-state index in [0.717, 1.165) is 0 Å². The van der Waals surface area contributed by atoms with Crippen LogP contribution < -0.4 is 10.7 Å². The Morgan fingerprint density at radius 2 is 1.96 bits per heavy atom. The van der Waals surface area contributed by atoms with Crippen LogP contribution >= 0.6 is 0 Å². The van der Waals surface area contributed by atoms with Crippen LogP contribution in [0.15, 0.2) is 5.10 Å². The summed E-state index contributed by atoms with van der Waals surface area (Å²) in [5, 5.41) is 6.69. The summed E-state index contributed by atoms with van der Waals surface area (Å²) in [6, 6.07) is -0.00723.